The molecule has 3 heteroatoms. The number of hydrogen-bond acceptors (Lipinski definition) is 3. The quantitative estimate of drug-likeness (QED) is 0.419. The van der Waals surface area contributed by atoms with Crippen LogP contribution < -0.4 is 4.90 Å². The van der Waals surface area contributed by atoms with Crippen LogP contribution in [0, 0.1) is 0 Å². The molecule has 28 heavy (non-hydrogen) atoms. The lowest BCUT2D eigenvalue weighted by molar-refractivity contribution is -0.0441. The molecule has 0 radical (unpaired) electrons. The molecule has 1 aliphatic heterocycles. The van der Waals surface area contributed by atoms with Gasteiger partial charge in [-0.25, -0.2) is 0 Å². The second-order valence-electron chi connectivity index (χ2n) is 6.83. The molecule has 5 rings (SSSR count). The number of ether oxygens (including phenoxy) is 2. The van der Waals surface area contributed by atoms with Crippen LogP contribution in [-0.2, 0) is 9.47 Å². The van der Waals surface area contributed by atoms with E-state index < -0.39 is 0 Å². The summed E-state index contributed by atoms with van der Waals surface area (Å²) in [5.41, 5.74) is 4.43. The molecule has 4 aromatic carbocycles. The molecule has 4 aromatic rings. The maximum absolute atomic E-state index is 5.63. The third kappa shape index (κ3) is 3.15. The lowest BCUT2D eigenvalue weighted by atomic mass is 10.1. The third-order valence-corrected chi connectivity index (χ3v) is 5.07. The SMILES string of the molecule is c1ccc(N(c2ccc(C3OCCO3)cc2)c2cccc3ccccc23)cc1. The zero-order valence-corrected chi connectivity index (χ0v) is 15.5. The molecule has 0 atom stereocenters. The maximum Gasteiger partial charge on any atom is 0.184 e. The highest BCUT2D eigenvalue weighted by molar-refractivity contribution is 5.98. The summed E-state index contributed by atoms with van der Waals surface area (Å²) in [5.74, 6) is 0. The minimum atomic E-state index is -0.253. The van der Waals surface area contributed by atoms with Crippen LogP contribution in [0.2, 0.25) is 0 Å². The molecule has 1 heterocycles. The number of benzene rings is 4. The van der Waals surface area contributed by atoms with E-state index in [1.54, 1.807) is 0 Å². The summed E-state index contributed by atoms with van der Waals surface area (Å²) in [5, 5.41) is 2.45. The molecule has 1 aliphatic rings. The smallest absolute Gasteiger partial charge is 0.184 e. The van der Waals surface area contributed by atoms with Crippen LogP contribution in [0.4, 0.5) is 17.1 Å². The lowest BCUT2D eigenvalue weighted by Gasteiger charge is -2.27. The highest BCUT2D eigenvalue weighted by Crippen LogP contribution is 2.39. The summed E-state index contributed by atoms with van der Waals surface area (Å²) in [7, 11) is 0. The topological polar surface area (TPSA) is 21.7 Å². The minimum Gasteiger partial charge on any atom is -0.346 e. The van der Waals surface area contributed by atoms with Crippen molar-refractivity contribution in [2.45, 2.75) is 6.29 Å². The van der Waals surface area contributed by atoms with E-state index in [0.29, 0.717) is 13.2 Å². The summed E-state index contributed by atoms with van der Waals surface area (Å²) < 4.78 is 11.3. The van der Waals surface area contributed by atoms with Gasteiger partial charge in [-0.3, -0.25) is 0 Å². The van der Waals surface area contributed by atoms with Gasteiger partial charge in [0.25, 0.3) is 0 Å². The minimum absolute atomic E-state index is 0.253. The van der Waals surface area contributed by atoms with Gasteiger partial charge in [0.1, 0.15) is 0 Å². The Balaban J connectivity index is 1.63. The molecule has 1 saturated heterocycles. The van der Waals surface area contributed by atoms with Crippen LogP contribution in [0.5, 0.6) is 0 Å². The normalized spacial score (nSPS) is 14.4. The second kappa shape index (κ2) is 7.47. The molecule has 0 aromatic heterocycles. The van der Waals surface area contributed by atoms with Gasteiger partial charge in [0.15, 0.2) is 6.29 Å². The molecule has 0 aliphatic carbocycles. The number of hydrogen-bond donors (Lipinski definition) is 0. The van der Waals surface area contributed by atoms with Crippen LogP contribution in [-0.4, -0.2) is 13.2 Å². The van der Waals surface area contributed by atoms with E-state index in [2.05, 4.69) is 95.9 Å². The van der Waals surface area contributed by atoms with Crippen LogP contribution in [0.3, 0.4) is 0 Å². The van der Waals surface area contributed by atoms with Crippen molar-refractivity contribution in [2.75, 3.05) is 18.1 Å². The Labute approximate surface area is 164 Å². The molecule has 0 saturated carbocycles. The fraction of sp³-hybridized carbons (Fsp3) is 0.120. The van der Waals surface area contributed by atoms with Crippen LogP contribution >= 0.6 is 0 Å². The Bertz CT molecular complexity index is 1070. The van der Waals surface area contributed by atoms with E-state index in [1.807, 2.05) is 6.07 Å². The average molecular weight is 367 g/mol. The predicted molar refractivity (Wildman–Crippen MR) is 113 cm³/mol. The number of rotatable bonds is 4. The number of fused-ring (bicyclic) bond motifs is 1. The molecule has 3 nitrogen and oxygen atoms in total. The van der Waals surface area contributed by atoms with Gasteiger partial charge >= 0.3 is 0 Å². The van der Waals surface area contributed by atoms with Crippen molar-refractivity contribution in [3.8, 4) is 0 Å². The molecular weight excluding hydrogens is 346 g/mol. The molecule has 0 bridgehead atoms. The predicted octanol–water partition coefficient (Wildman–Crippen LogP) is 6.36. The van der Waals surface area contributed by atoms with Gasteiger partial charge in [-0.1, -0.05) is 66.7 Å². The largest absolute Gasteiger partial charge is 0.346 e. The molecular formula is C25H21NO2. The van der Waals surface area contributed by atoms with E-state index in [4.69, 9.17) is 9.47 Å². The monoisotopic (exact) mass is 367 g/mol. The van der Waals surface area contributed by atoms with Crippen molar-refractivity contribution in [1.29, 1.82) is 0 Å². The van der Waals surface area contributed by atoms with Crippen LogP contribution in [0.1, 0.15) is 11.9 Å². The van der Waals surface area contributed by atoms with E-state index >= 15 is 0 Å². The number of para-hydroxylation sites is 1. The molecule has 0 unspecified atom stereocenters. The average Bonchev–Trinajstić information content (AvgIpc) is 3.30. The molecule has 0 N–H and O–H groups in total. The van der Waals surface area contributed by atoms with E-state index in [9.17, 15) is 0 Å². The fourth-order valence-corrected chi connectivity index (χ4v) is 3.74. The Morgan fingerprint density at radius 1 is 0.607 bits per heavy atom. The molecule has 0 amide bonds. The zero-order valence-electron chi connectivity index (χ0n) is 15.5. The summed E-state index contributed by atoms with van der Waals surface area (Å²) in [6, 6.07) is 33.8. The maximum atomic E-state index is 5.63. The Morgan fingerprint density at radius 2 is 1.25 bits per heavy atom. The molecule has 1 fully saturated rings. The first-order valence-corrected chi connectivity index (χ1v) is 9.56. The van der Waals surface area contributed by atoms with Crippen molar-refractivity contribution < 1.29 is 9.47 Å². The summed E-state index contributed by atoms with van der Waals surface area (Å²) in [6.07, 6.45) is -0.253. The van der Waals surface area contributed by atoms with E-state index in [-0.39, 0.29) is 6.29 Å². The Morgan fingerprint density at radius 3 is 2.04 bits per heavy atom. The standard InChI is InChI=1S/C25H21NO2/c1-2-9-21(10-3-1)26(24-12-6-8-19-7-4-5-11-23(19)24)22-15-13-20(14-16-22)25-27-17-18-28-25/h1-16,25H,17-18H2. The number of nitrogens with zero attached hydrogens (tertiary/aromatic N) is 1. The highest BCUT2D eigenvalue weighted by Gasteiger charge is 2.19. The lowest BCUT2D eigenvalue weighted by Crippen LogP contribution is -2.10. The summed E-state index contributed by atoms with van der Waals surface area (Å²) in [4.78, 5) is 2.29. The zero-order chi connectivity index (χ0) is 18.8. The van der Waals surface area contributed by atoms with Gasteiger partial charge in [-0.05, 0) is 35.7 Å². The van der Waals surface area contributed by atoms with Crippen LogP contribution in [0.15, 0.2) is 97.1 Å². The van der Waals surface area contributed by atoms with Gasteiger partial charge in [0.2, 0.25) is 0 Å². The van der Waals surface area contributed by atoms with Crippen molar-refractivity contribution in [3.05, 3.63) is 103 Å². The van der Waals surface area contributed by atoms with Crippen molar-refractivity contribution in [1.82, 2.24) is 0 Å². The van der Waals surface area contributed by atoms with Gasteiger partial charge in [0.05, 0.1) is 18.9 Å². The molecule has 0 spiro atoms. The summed E-state index contributed by atoms with van der Waals surface area (Å²) in [6.45, 7) is 1.30. The van der Waals surface area contributed by atoms with Crippen molar-refractivity contribution >= 4 is 27.8 Å². The van der Waals surface area contributed by atoms with Gasteiger partial charge in [0, 0.05) is 22.3 Å². The van der Waals surface area contributed by atoms with Gasteiger partial charge in [-0.2, -0.15) is 0 Å². The molecule has 138 valence electrons. The Hall–Kier alpha value is -3.14. The van der Waals surface area contributed by atoms with E-state index in [0.717, 1.165) is 22.6 Å². The summed E-state index contributed by atoms with van der Waals surface area (Å²) >= 11 is 0. The highest BCUT2D eigenvalue weighted by atomic mass is 16.7. The van der Waals surface area contributed by atoms with E-state index in [1.165, 1.54) is 10.8 Å². The van der Waals surface area contributed by atoms with Gasteiger partial charge < -0.3 is 14.4 Å². The van der Waals surface area contributed by atoms with Crippen molar-refractivity contribution in [3.63, 3.8) is 0 Å². The Kier molecular flexibility index (Phi) is 4.53. The second-order valence-corrected chi connectivity index (χ2v) is 6.83. The van der Waals surface area contributed by atoms with Gasteiger partial charge in [-0.15, -0.1) is 0 Å². The van der Waals surface area contributed by atoms with Crippen molar-refractivity contribution in [2.24, 2.45) is 0 Å². The first kappa shape index (κ1) is 17.0. The first-order valence-electron chi connectivity index (χ1n) is 9.56. The first-order chi connectivity index (χ1) is 13.9. The van der Waals surface area contributed by atoms with Crippen LogP contribution in [0.25, 0.3) is 10.8 Å². The fourth-order valence-electron chi connectivity index (χ4n) is 3.74. The number of anilines is 3. The third-order valence-electron chi connectivity index (χ3n) is 5.07.